The van der Waals surface area contributed by atoms with E-state index in [2.05, 4.69) is 28.0 Å². The van der Waals surface area contributed by atoms with Gasteiger partial charge in [-0.25, -0.2) is 4.79 Å². The van der Waals surface area contributed by atoms with Gasteiger partial charge in [0.15, 0.2) is 0 Å². The number of aromatic nitrogens is 2. The summed E-state index contributed by atoms with van der Waals surface area (Å²) in [7, 11) is 0. The van der Waals surface area contributed by atoms with Gasteiger partial charge in [0.25, 0.3) is 0 Å². The van der Waals surface area contributed by atoms with Crippen molar-refractivity contribution in [2.75, 3.05) is 0 Å². The fourth-order valence-electron chi connectivity index (χ4n) is 1.71. The Balaban J connectivity index is 2.70. The second-order valence-electron chi connectivity index (χ2n) is 3.56. The molecule has 0 fully saturated rings. The van der Waals surface area contributed by atoms with Gasteiger partial charge in [0.2, 0.25) is 0 Å². The molecule has 4 nitrogen and oxygen atoms in total. The summed E-state index contributed by atoms with van der Waals surface area (Å²) in [6.45, 7) is 2.85. The van der Waals surface area contributed by atoms with Gasteiger partial charge in [-0.2, -0.15) is 5.10 Å². The fourth-order valence-corrected chi connectivity index (χ4v) is 2.16. The van der Waals surface area contributed by atoms with Crippen molar-refractivity contribution in [2.24, 2.45) is 0 Å². The number of aromatic carboxylic acids is 1. The molecule has 16 heavy (non-hydrogen) atoms. The third kappa shape index (κ3) is 1.82. The van der Waals surface area contributed by atoms with Gasteiger partial charge in [0.1, 0.15) is 0 Å². The molecule has 0 atom stereocenters. The molecular formula is C11H11BrN2O2. The van der Waals surface area contributed by atoms with Crippen LogP contribution < -0.4 is 0 Å². The van der Waals surface area contributed by atoms with Crippen molar-refractivity contribution in [3.05, 3.63) is 28.4 Å². The van der Waals surface area contributed by atoms with Crippen LogP contribution in [-0.2, 0) is 6.54 Å². The van der Waals surface area contributed by atoms with E-state index in [1.807, 2.05) is 10.7 Å². The molecule has 0 radical (unpaired) electrons. The van der Waals surface area contributed by atoms with Crippen LogP contribution in [0.25, 0.3) is 10.9 Å². The Kier molecular flexibility index (Phi) is 2.96. The number of carboxylic acid groups (broad SMARTS) is 1. The fraction of sp³-hybridized carbons (Fsp3) is 0.273. The van der Waals surface area contributed by atoms with Crippen LogP contribution in [0, 0.1) is 0 Å². The third-order valence-corrected chi connectivity index (χ3v) is 2.85. The molecule has 0 aliphatic rings. The van der Waals surface area contributed by atoms with E-state index in [0.29, 0.717) is 5.39 Å². The highest BCUT2D eigenvalue weighted by atomic mass is 79.9. The lowest BCUT2D eigenvalue weighted by Crippen LogP contribution is -2.00. The van der Waals surface area contributed by atoms with Gasteiger partial charge in [0.05, 0.1) is 17.3 Å². The minimum atomic E-state index is -0.928. The molecule has 0 bridgehead atoms. The lowest BCUT2D eigenvalue weighted by Gasteiger charge is -2.03. The highest BCUT2D eigenvalue weighted by Gasteiger charge is 2.13. The zero-order chi connectivity index (χ0) is 11.7. The zero-order valence-electron chi connectivity index (χ0n) is 8.77. The maximum absolute atomic E-state index is 11.1. The van der Waals surface area contributed by atoms with E-state index in [9.17, 15) is 4.79 Å². The topological polar surface area (TPSA) is 55.1 Å². The van der Waals surface area contributed by atoms with Gasteiger partial charge in [-0.05, 0) is 18.6 Å². The Bertz CT molecular complexity index is 548. The van der Waals surface area contributed by atoms with E-state index >= 15 is 0 Å². The molecule has 2 rings (SSSR count). The first-order chi connectivity index (χ1) is 7.63. The molecule has 0 spiro atoms. The largest absolute Gasteiger partial charge is 0.478 e. The SMILES string of the molecule is CCCn1ncc2c(C(=O)O)cc(Br)cc21. The summed E-state index contributed by atoms with van der Waals surface area (Å²) in [5.41, 5.74) is 1.14. The van der Waals surface area contributed by atoms with Crippen molar-refractivity contribution < 1.29 is 9.90 Å². The first-order valence-corrected chi connectivity index (χ1v) is 5.81. The number of aryl methyl sites for hydroxylation is 1. The molecule has 1 N–H and O–H groups in total. The lowest BCUT2D eigenvalue weighted by atomic mass is 10.1. The first kappa shape index (κ1) is 11.1. The van der Waals surface area contributed by atoms with E-state index in [1.165, 1.54) is 0 Å². The third-order valence-electron chi connectivity index (χ3n) is 2.39. The van der Waals surface area contributed by atoms with Crippen molar-refractivity contribution in [2.45, 2.75) is 19.9 Å². The average Bonchev–Trinajstić information content (AvgIpc) is 2.61. The minimum absolute atomic E-state index is 0.284. The molecular weight excluding hydrogens is 272 g/mol. The summed E-state index contributed by atoms with van der Waals surface area (Å²) >= 11 is 3.32. The van der Waals surface area contributed by atoms with Gasteiger partial charge in [0, 0.05) is 16.4 Å². The number of carboxylic acids is 1. The maximum Gasteiger partial charge on any atom is 0.336 e. The first-order valence-electron chi connectivity index (χ1n) is 5.02. The van der Waals surface area contributed by atoms with Gasteiger partial charge < -0.3 is 5.11 Å². The molecule has 0 aliphatic carbocycles. The molecule has 5 heteroatoms. The summed E-state index contributed by atoms with van der Waals surface area (Å²) in [5, 5.41) is 14.0. The van der Waals surface area contributed by atoms with Gasteiger partial charge in [-0.3, -0.25) is 4.68 Å². The molecule has 0 saturated heterocycles. The van der Waals surface area contributed by atoms with Crippen LogP contribution >= 0.6 is 15.9 Å². The van der Waals surface area contributed by atoms with Crippen molar-refractivity contribution >= 4 is 32.8 Å². The normalized spacial score (nSPS) is 10.9. The smallest absolute Gasteiger partial charge is 0.336 e. The van der Waals surface area contributed by atoms with Crippen molar-refractivity contribution in [1.29, 1.82) is 0 Å². The Morgan fingerprint density at radius 3 is 2.94 bits per heavy atom. The average molecular weight is 283 g/mol. The Labute approximate surface area is 101 Å². The molecule has 1 aromatic heterocycles. The molecule has 0 aliphatic heterocycles. The number of carbonyl (C=O) groups is 1. The number of rotatable bonds is 3. The highest BCUT2D eigenvalue weighted by Crippen LogP contribution is 2.24. The quantitative estimate of drug-likeness (QED) is 0.942. The van der Waals surface area contributed by atoms with Crippen LogP contribution in [0.5, 0.6) is 0 Å². The van der Waals surface area contributed by atoms with E-state index in [0.717, 1.165) is 23.0 Å². The van der Waals surface area contributed by atoms with Crippen LogP contribution in [0.3, 0.4) is 0 Å². The van der Waals surface area contributed by atoms with Crippen molar-refractivity contribution in [3.63, 3.8) is 0 Å². The second-order valence-corrected chi connectivity index (χ2v) is 4.47. The van der Waals surface area contributed by atoms with E-state index in [1.54, 1.807) is 12.3 Å². The van der Waals surface area contributed by atoms with Crippen molar-refractivity contribution in [3.8, 4) is 0 Å². The molecule has 2 aromatic rings. The van der Waals surface area contributed by atoms with Crippen LogP contribution in [-0.4, -0.2) is 20.9 Å². The summed E-state index contributed by atoms with van der Waals surface area (Å²) in [4.78, 5) is 11.1. The predicted molar refractivity (Wildman–Crippen MR) is 64.7 cm³/mol. The van der Waals surface area contributed by atoms with Gasteiger partial charge in [-0.1, -0.05) is 22.9 Å². The Morgan fingerprint density at radius 1 is 1.56 bits per heavy atom. The van der Waals surface area contributed by atoms with E-state index in [4.69, 9.17) is 5.11 Å². The number of halogens is 1. The van der Waals surface area contributed by atoms with Crippen LogP contribution in [0.15, 0.2) is 22.8 Å². The predicted octanol–water partition coefficient (Wildman–Crippen LogP) is 2.91. The number of fused-ring (bicyclic) bond motifs is 1. The summed E-state index contributed by atoms with van der Waals surface area (Å²) in [6.07, 6.45) is 2.58. The lowest BCUT2D eigenvalue weighted by molar-refractivity contribution is 0.0699. The van der Waals surface area contributed by atoms with E-state index in [-0.39, 0.29) is 5.56 Å². The number of nitrogens with zero attached hydrogens (tertiary/aromatic N) is 2. The summed E-state index contributed by atoms with van der Waals surface area (Å²) in [5.74, 6) is -0.928. The summed E-state index contributed by atoms with van der Waals surface area (Å²) < 4.78 is 2.59. The summed E-state index contributed by atoms with van der Waals surface area (Å²) in [6, 6.07) is 3.49. The Hall–Kier alpha value is -1.36. The number of hydrogen-bond donors (Lipinski definition) is 1. The van der Waals surface area contributed by atoms with Crippen LogP contribution in [0.4, 0.5) is 0 Å². The molecule has 0 unspecified atom stereocenters. The molecule has 1 aromatic carbocycles. The standard InChI is InChI=1S/C11H11BrN2O2/c1-2-3-14-10-5-7(12)4-8(11(15)16)9(10)6-13-14/h4-6H,2-3H2,1H3,(H,15,16). The molecule has 0 amide bonds. The molecule has 0 saturated carbocycles. The molecule has 1 heterocycles. The Morgan fingerprint density at radius 2 is 2.31 bits per heavy atom. The highest BCUT2D eigenvalue weighted by molar-refractivity contribution is 9.10. The van der Waals surface area contributed by atoms with Gasteiger partial charge >= 0.3 is 5.97 Å². The van der Waals surface area contributed by atoms with Crippen LogP contribution in [0.2, 0.25) is 0 Å². The van der Waals surface area contributed by atoms with Gasteiger partial charge in [-0.15, -0.1) is 0 Å². The second kappa shape index (κ2) is 4.25. The number of hydrogen-bond acceptors (Lipinski definition) is 2. The zero-order valence-corrected chi connectivity index (χ0v) is 10.4. The van der Waals surface area contributed by atoms with Crippen LogP contribution in [0.1, 0.15) is 23.7 Å². The van der Waals surface area contributed by atoms with Crippen molar-refractivity contribution in [1.82, 2.24) is 9.78 Å². The number of benzene rings is 1. The van der Waals surface area contributed by atoms with E-state index < -0.39 is 5.97 Å². The minimum Gasteiger partial charge on any atom is -0.478 e. The molecule has 84 valence electrons. The maximum atomic E-state index is 11.1. The monoisotopic (exact) mass is 282 g/mol.